The minimum Gasteiger partial charge on any atom is -0.477 e. The van der Waals surface area contributed by atoms with E-state index >= 15 is 0 Å². The molecule has 3 aliphatic rings. The normalized spacial score (nSPS) is 31.2. The zero-order chi connectivity index (χ0) is 17.9. The highest BCUT2D eigenvalue weighted by atomic mass is 32.2. The lowest BCUT2D eigenvalue weighted by molar-refractivity contribution is -0.975. The fourth-order valence-electron chi connectivity index (χ4n) is 3.90. The third-order valence-corrected chi connectivity index (χ3v) is 6.59. The number of hydrogen-bond donors (Lipinski definition) is 4. The molecule has 3 aliphatic heterocycles. The van der Waals surface area contributed by atoms with E-state index in [1.54, 1.807) is 6.07 Å². The van der Waals surface area contributed by atoms with Crippen LogP contribution in [0, 0.1) is 5.82 Å². The van der Waals surface area contributed by atoms with E-state index < -0.39 is 17.6 Å². The second-order valence-electron chi connectivity index (χ2n) is 6.95. The van der Waals surface area contributed by atoms with Crippen LogP contribution in [0.2, 0.25) is 0 Å². The minimum atomic E-state index is -1.24. The smallest absolute Gasteiger partial charge is 0.346 e. The summed E-state index contributed by atoms with van der Waals surface area (Å²) in [7, 11) is 2.13. The maximum atomic E-state index is 14.7. The van der Waals surface area contributed by atoms with Gasteiger partial charge in [-0.05, 0) is 24.8 Å². The number of carboxylic acids is 1. The second kappa shape index (κ2) is 5.91. The Morgan fingerprint density at radius 2 is 1.92 bits per heavy atom. The molecule has 2 saturated heterocycles. The van der Waals surface area contributed by atoms with Crippen molar-refractivity contribution in [2.75, 3.05) is 33.2 Å². The highest BCUT2D eigenvalue weighted by molar-refractivity contribution is 8.04. The maximum Gasteiger partial charge on any atom is 0.346 e. The van der Waals surface area contributed by atoms with Gasteiger partial charge in [0.1, 0.15) is 26.2 Å². The molecule has 2 atom stereocenters. The van der Waals surface area contributed by atoms with E-state index in [1.807, 2.05) is 6.92 Å². The molecule has 2 unspecified atom stereocenters. The van der Waals surface area contributed by atoms with Crippen molar-refractivity contribution in [2.45, 2.75) is 12.3 Å². The van der Waals surface area contributed by atoms with Crippen LogP contribution in [0.25, 0.3) is 0 Å². The number of nitrogens with one attached hydrogen (secondary N) is 3. The molecule has 0 spiro atoms. The van der Waals surface area contributed by atoms with Crippen molar-refractivity contribution in [1.29, 1.82) is 0 Å². The third kappa shape index (κ3) is 2.52. The van der Waals surface area contributed by atoms with E-state index in [9.17, 15) is 19.1 Å². The van der Waals surface area contributed by atoms with Gasteiger partial charge in [-0.3, -0.25) is 14.6 Å². The fourth-order valence-corrected chi connectivity index (χ4v) is 5.14. The molecule has 0 radical (unpaired) electrons. The predicted molar refractivity (Wildman–Crippen MR) is 90.0 cm³/mol. The van der Waals surface area contributed by atoms with E-state index in [2.05, 4.69) is 7.05 Å². The second-order valence-corrected chi connectivity index (χ2v) is 8.30. The maximum absolute atomic E-state index is 14.7. The Hall–Kier alpha value is -1.74. The first kappa shape index (κ1) is 16.7. The van der Waals surface area contributed by atoms with Crippen molar-refractivity contribution in [2.24, 2.45) is 0 Å². The quantitative estimate of drug-likeness (QED) is 0.456. The molecule has 3 heterocycles. The molecule has 6 nitrogen and oxygen atoms in total. The number of thioether (sulfide) groups is 1. The van der Waals surface area contributed by atoms with Gasteiger partial charge in [0.2, 0.25) is 5.78 Å². The molecule has 25 heavy (non-hydrogen) atoms. The molecule has 132 valence electrons. The van der Waals surface area contributed by atoms with Gasteiger partial charge in [-0.15, -0.1) is 0 Å². The summed E-state index contributed by atoms with van der Waals surface area (Å²) in [5, 5.41) is 10.1. The molecule has 4 rings (SSSR count). The Morgan fingerprint density at radius 1 is 1.24 bits per heavy atom. The van der Waals surface area contributed by atoms with Crippen molar-refractivity contribution < 1.29 is 33.8 Å². The highest BCUT2D eigenvalue weighted by Crippen LogP contribution is 2.37. The zero-order valence-electron chi connectivity index (χ0n) is 14.1. The average molecular weight is 366 g/mol. The van der Waals surface area contributed by atoms with Crippen LogP contribution < -0.4 is 14.7 Å². The summed E-state index contributed by atoms with van der Waals surface area (Å²) in [6, 6.07) is 3.02. The van der Waals surface area contributed by atoms with Gasteiger partial charge in [0.05, 0.1) is 18.7 Å². The van der Waals surface area contributed by atoms with Gasteiger partial charge in [-0.1, -0.05) is 0 Å². The zero-order valence-corrected chi connectivity index (χ0v) is 14.9. The lowest BCUT2D eigenvalue weighted by Gasteiger charge is -2.39. The summed E-state index contributed by atoms with van der Waals surface area (Å²) in [5.41, 5.74) is 1.28. The number of halogens is 1. The molecule has 0 amide bonds. The number of carboxylic acid groups (broad SMARTS) is 1. The number of piperazine rings is 1. The van der Waals surface area contributed by atoms with Gasteiger partial charge in [0, 0.05) is 0 Å². The summed E-state index contributed by atoms with van der Waals surface area (Å²) < 4.78 is 14.7. The fraction of sp³-hybridized carbons (Fsp3) is 0.412. The van der Waals surface area contributed by atoms with Crippen molar-refractivity contribution in [3.05, 3.63) is 34.1 Å². The molecule has 0 aromatic heterocycles. The summed E-state index contributed by atoms with van der Waals surface area (Å²) in [6.07, 6.45) is 0. The molecule has 8 heteroatoms. The summed E-state index contributed by atoms with van der Waals surface area (Å²) >= 11 is 1.40. The first-order valence-corrected chi connectivity index (χ1v) is 9.33. The standard InChI is InChI=1S/C17H18FN3O3S/c1-9-21-12-8-13(20-5-3-19(2)4-6-20)11(18)7-10(12)15(22)14(17(23)24)16(21)25-9/h7-9H,3-6H2,1-2H3,(H,23,24)/p+3. The van der Waals surface area contributed by atoms with Crippen LogP contribution >= 0.6 is 11.8 Å². The number of aliphatic carboxylic acids is 1. The number of carbonyl (C=O) groups is 2. The van der Waals surface area contributed by atoms with Gasteiger partial charge >= 0.3 is 5.97 Å². The van der Waals surface area contributed by atoms with Crippen molar-refractivity contribution in [3.63, 3.8) is 0 Å². The van der Waals surface area contributed by atoms with Gasteiger partial charge in [-0.25, -0.2) is 9.18 Å². The SMILES string of the molecule is CC1SC2=C(C(=O)O)C(=O)c3cc(F)c([NH+]4CC[NH+](C)CC4)cc3[NH+]21. The molecular formula is C17H21FN3O3S+3. The van der Waals surface area contributed by atoms with Crippen molar-refractivity contribution in [3.8, 4) is 0 Å². The molecule has 1 aromatic carbocycles. The first-order chi connectivity index (χ1) is 11.9. The van der Waals surface area contributed by atoms with Crippen molar-refractivity contribution in [1.82, 2.24) is 0 Å². The Bertz CT molecular complexity index is 818. The number of fused-ring (bicyclic) bond motifs is 3. The average Bonchev–Trinajstić information content (AvgIpc) is 2.55. The number of Topliss-reactive ketones (excluding diaryl/α,β-unsaturated/α-hetero) is 1. The lowest BCUT2D eigenvalue weighted by atomic mass is 9.96. The van der Waals surface area contributed by atoms with Crippen LogP contribution in [0.5, 0.6) is 0 Å². The Morgan fingerprint density at radius 3 is 2.52 bits per heavy atom. The summed E-state index contributed by atoms with van der Waals surface area (Å²) in [6.45, 7) is 5.62. The molecule has 0 bridgehead atoms. The highest BCUT2D eigenvalue weighted by Gasteiger charge is 2.51. The van der Waals surface area contributed by atoms with E-state index in [1.165, 1.54) is 22.7 Å². The summed E-state index contributed by atoms with van der Waals surface area (Å²) in [5.74, 6) is -2.24. The molecule has 0 aliphatic carbocycles. The van der Waals surface area contributed by atoms with Crippen LogP contribution in [0.15, 0.2) is 22.7 Å². The molecular weight excluding hydrogens is 345 g/mol. The van der Waals surface area contributed by atoms with Crippen LogP contribution in [0.1, 0.15) is 17.3 Å². The number of quaternary nitrogens is 3. The van der Waals surface area contributed by atoms with Gasteiger partial charge in [0.25, 0.3) is 0 Å². The largest absolute Gasteiger partial charge is 0.477 e. The van der Waals surface area contributed by atoms with E-state index in [0.29, 0.717) is 16.4 Å². The number of ketones is 1. The number of rotatable bonds is 2. The van der Waals surface area contributed by atoms with E-state index in [0.717, 1.165) is 36.0 Å². The number of likely N-dealkylation sites (N-methyl/N-ethyl adjacent to an activating group) is 1. The number of benzene rings is 1. The third-order valence-electron chi connectivity index (χ3n) is 5.34. The van der Waals surface area contributed by atoms with Crippen molar-refractivity contribution >= 4 is 34.9 Å². The lowest BCUT2D eigenvalue weighted by Crippen LogP contribution is -3.25. The Balaban J connectivity index is 1.79. The minimum absolute atomic E-state index is 0.112. The van der Waals surface area contributed by atoms with E-state index in [-0.39, 0.29) is 16.5 Å². The van der Waals surface area contributed by atoms with Crippen LogP contribution in [-0.2, 0) is 4.79 Å². The van der Waals surface area contributed by atoms with Crippen LogP contribution in [0.4, 0.5) is 15.8 Å². The first-order valence-electron chi connectivity index (χ1n) is 8.45. The molecule has 1 aromatic rings. The van der Waals surface area contributed by atoms with E-state index in [4.69, 9.17) is 0 Å². The summed E-state index contributed by atoms with van der Waals surface area (Å²) in [4.78, 5) is 27.5. The number of carbonyl (C=O) groups excluding carboxylic acids is 1. The number of hydrogen-bond acceptors (Lipinski definition) is 3. The Kier molecular flexibility index (Phi) is 3.95. The molecule has 0 saturated carbocycles. The van der Waals surface area contributed by atoms with Gasteiger partial charge < -0.3 is 10.0 Å². The van der Waals surface area contributed by atoms with Crippen LogP contribution in [0.3, 0.4) is 0 Å². The van der Waals surface area contributed by atoms with Gasteiger partial charge in [-0.2, -0.15) is 0 Å². The predicted octanol–water partition coefficient (Wildman–Crippen LogP) is -2.03. The molecule has 2 fully saturated rings. The van der Waals surface area contributed by atoms with Crippen LogP contribution in [-0.4, -0.2) is 55.5 Å². The van der Waals surface area contributed by atoms with Gasteiger partial charge in [0.15, 0.2) is 33.2 Å². The topological polar surface area (TPSA) is 67.7 Å². The molecule has 4 N–H and O–H groups in total. The monoisotopic (exact) mass is 366 g/mol. The Labute approximate surface area is 148 Å².